The van der Waals surface area contributed by atoms with Gasteiger partial charge in [-0.25, -0.2) is 4.98 Å². The number of hydrogen-bond acceptors (Lipinski definition) is 6. The number of anilines is 1. The van der Waals surface area contributed by atoms with Crippen LogP contribution in [-0.2, 0) is 0 Å². The molecule has 0 amide bonds. The van der Waals surface area contributed by atoms with Crippen molar-refractivity contribution in [3.63, 3.8) is 0 Å². The second kappa shape index (κ2) is 8.69. The van der Waals surface area contributed by atoms with Gasteiger partial charge in [-0.2, -0.15) is 0 Å². The maximum absolute atomic E-state index is 10.3. The van der Waals surface area contributed by atoms with Crippen molar-refractivity contribution in [2.75, 3.05) is 51.3 Å². The summed E-state index contributed by atoms with van der Waals surface area (Å²) in [5.74, 6) is 2.35. The second-order valence-corrected chi connectivity index (χ2v) is 6.09. The topological polar surface area (TPSA) is 58.1 Å². The summed E-state index contributed by atoms with van der Waals surface area (Å²) in [5, 5.41) is 10.3. The first-order valence-electron chi connectivity index (χ1n) is 8.58. The zero-order valence-corrected chi connectivity index (χ0v) is 14.5. The summed E-state index contributed by atoms with van der Waals surface area (Å²) in [7, 11) is 1.61. The molecule has 6 nitrogen and oxygen atoms in total. The van der Waals surface area contributed by atoms with E-state index in [0.717, 1.165) is 32.0 Å². The van der Waals surface area contributed by atoms with Crippen molar-refractivity contribution in [3.05, 3.63) is 48.7 Å². The van der Waals surface area contributed by atoms with Gasteiger partial charge < -0.3 is 19.5 Å². The maximum Gasteiger partial charge on any atom is 0.161 e. The molecule has 2 aromatic rings. The number of aliphatic hydroxyl groups is 1. The summed E-state index contributed by atoms with van der Waals surface area (Å²) in [6.45, 7) is 4.49. The largest absolute Gasteiger partial charge is 0.493 e. The van der Waals surface area contributed by atoms with Gasteiger partial charge in [-0.05, 0) is 24.3 Å². The lowest BCUT2D eigenvalue weighted by molar-refractivity contribution is 0.0653. The highest BCUT2D eigenvalue weighted by molar-refractivity contribution is 5.39. The Hall–Kier alpha value is -2.31. The molecule has 0 spiro atoms. The molecule has 2 heterocycles. The molecule has 0 aliphatic carbocycles. The first kappa shape index (κ1) is 17.5. The van der Waals surface area contributed by atoms with E-state index in [1.165, 1.54) is 0 Å². The average Bonchev–Trinajstić information content (AvgIpc) is 2.68. The van der Waals surface area contributed by atoms with Crippen LogP contribution in [0.2, 0.25) is 0 Å². The summed E-state index contributed by atoms with van der Waals surface area (Å²) >= 11 is 0. The smallest absolute Gasteiger partial charge is 0.161 e. The van der Waals surface area contributed by atoms with Gasteiger partial charge in [0.25, 0.3) is 0 Å². The molecule has 134 valence electrons. The normalized spacial score (nSPS) is 16.5. The molecule has 0 saturated carbocycles. The molecule has 1 aromatic heterocycles. The quantitative estimate of drug-likeness (QED) is 0.825. The highest BCUT2D eigenvalue weighted by atomic mass is 16.5. The van der Waals surface area contributed by atoms with E-state index in [4.69, 9.17) is 9.47 Å². The average molecular weight is 343 g/mol. The third-order valence-electron chi connectivity index (χ3n) is 4.31. The first-order chi connectivity index (χ1) is 12.3. The zero-order valence-electron chi connectivity index (χ0n) is 14.5. The van der Waals surface area contributed by atoms with Crippen molar-refractivity contribution in [1.82, 2.24) is 9.88 Å². The predicted octanol–water partition coefficient (Wildman–Crippen LogP) is 1.65. The van der Waals surface area contributed by atoms with E-state index in [-0.39, 0.29) is 6.61 Å². The number of ether oxygens (including phenoxy) is 2. The van der Waals surface area contributed by atoms with E-state index in [0.29, 0.717) is 18.0 Å². The van der Waals surface area contributed by atoms with Crippen LogP contribution in [0.25, 0.3) is 0 Å². The van der Waals surface area contributed by atoms with Gasteiger partial charge in [0, 0.05) is 38.9 Å². The Balaban J connectivity index is 1.43. The van der Waals surface area contributed by atoms with Gasteiger partial charge in [0.1, 0.15) is 18.5 Å². The van der Waals surface area contributed by atoms with Gasteiger partial charge in [-0.15, -0.1) is 0 Å². The fourth-order valence-electron chi connectivity index (χ4n) is 2.98. The number of hydrogen-bond donors (Lipinski definition) is 1. The number of aliphatic hydroxyl groups excluding tert-OH is 1. The fourth-order valence-corrected chi connectivity index (χ4v) is 2.98. The molecule has 1 fully saturated rings. The molecule has 3 rings (SSSR count). The fraction of sp³-hybridized carbons (Fsp3) is 0.421. The van der Waals surface area contributed by atoms with Crippen LogP contribution in [0.5, 0.6) is 11.5 Å². The van der Waals surface area contributed by atoms with Gasteiger partial charge in [0.2, 0.25) is 0 Å². The van der Waals surface area contributed by atoms with Crippen LogP contribution < -0.4 is 14.4 Å². The molecule has 25 heavy (non-hydrogen) atoms. The van der Waals surface area contributed by atoms with E-state index in [9.17, 15) is 5.11 Å². The van der Waals surface area contributed by atoms with Crippen molar-refractivity contribution in [1.29, 1.82) is 0 Å². The predicted molar refractivity (Wildman–Crippen MR) is 97.4 cm³/mol. The number of rotatable bonds is 7. The number of para-hydroxylation sites is 2. The second-order valence-electron chi connectivity index (χ2n) is 6.09. The van der Waals surface area contributed by atoms with E-state index in [2.05, 4.69) is 14.8 Å². The summed E-state index contributed by atoms with van der Waals surface area (Å²) in [5.41, 5.74) is 0. The summed E-state index contributed by atoms with van der Waals surface area (Å²) in [4.78, 5) is 8.93. The van der Waals surface area contributed by atoms with Crippen LogP contribution in [0.15, 0.2) is 48.7 Å². The minimum atomic E-state index is -0.536. The van der Waals surface area contributed by atoms with Gasteiger partial charge in [-0.3, -0.25) is 4.90 Å². The Morgan fingerprint density at radius 3 is 2.44 bits per heavy atom. The third-order valence-corrected chi connectivity index (χ3v) is 4.31. The number of piperazine rings is 1. The zero-order chi connectivity index (χ0) is 17.5. The molecule has 1 saturated heterocycles. The SMILES string of the molecule is COc1ccccc1OC[C@H](O)CN1CCN(c2ccccn2)CC1. The van der Waals surface area contributed by atoms with Crippen molar-refractivity contribution in [2.45, 2.75) is 6.10 Å². The van der Waals surface area contributed by atoms with Crippen LogP contribution in [0.1, 0.15) is 0 Å². The van der Waals surface area contributed by atoms with Gasteiger partial charge in [0.05, 0.1) is 7.11 Å². The van der Waals surface area contributed by atoms with E-state index in [1.807, 2.05) is 48.7 Å². The summed E-state index contributed by atoms with van der Waals surface area (Å²) < 4.78 is 11.0. The van der Waals surface area contributed by atoms with E-state index in [1.54, 1.807) is 7.11 Å². The number of benzene rings is 1. The molecular formula is C19H25N3O3. The van der Waals surface area contributed by atoms with Crippen LogP contribution in [0.3, 0.4) is 0 Å². The molecule has 1 N–H and O–H groups in total. The van der Waals surface area contributed by atoms with Crippen molar-refractivity contribution >= 4 is 5.82 Å². The minimum absolute atomic E-state index is 0.251. The molecule has 0 unspecified atom stereocenters. The summed E-state index contributed by atoms with van der Waals surface area (Å²) in [6, 6.07) is 13.4. The van der Waals surface area contributed by atoms with E-state index >= 15 is 0 Å². The number of pyridine rings is 1. The maximum atomic E-state index is 10.3. The van der Waals surface area contributed by atoms with Gasteiger partial charge in [-0.1, -0.05) is 18.2 Å². The van der Waals surface area contributed by atoms with Crippen molar-refractivity contribution in [3.8, 4) is 11.5 Å². The monoisotopic (exact) mass is 343 g/mol. The van der Waals surface area contributed by atoms with Crippen molar-refractivity contribution < 1.29 is 14.6 Å². The minimum Gasteiger partial charge on any atom is -0.493 e. The van der Waals surface area contributed by atoms with Crippen LogP contribution in [-0.4, -0.2) is 67.5 Å². The standard InChI is InChI=1S/C19H25N3O3/c1-24-17-6-2-3-7-18(17)25-15-16(23)14-21-10-12-22(13-11-21)19-8-4-5-9-20-19/h2-9,16,23H,10-15H2,1H3/t16-/m1/s1. The Labute approximate surface area is 148 Å². The van der Waals surface area contributed by atoms with E-state index < -0.39 is 6.10 Å². The Morgan fingerprint density at radius 2 is 1.76 bits per heavy atom. The third kappa shape index (κ3) is 4.84. The number of methoxy groups -OCH3 is 1. The molecule has 1 aliphatic rings. The number of nitrogens with zero attached hydrogens (tertiary/aromatic N) is 3. The molecule has 1 aromatic carbocycles. The first-order valence-corrected chi connectivity index (χ1v) is 8.58. The molecular weight excluding hydrogens is 318 g/mol. The van der Waals surface area contributed by atoms with Gasteiger partial charge in [0.15, 0.2) is 11.5 Å². The Morgan fingerprint density at radius 1 is 1.04 bits per heavy atom. The number of aromatic nitrogens is 1. The number of β-amino-alcohol motifs (C(OH)–C–C–N with tert-alkyl or cyclic N) is 1. The molecule has 0 radical (unpaired) electrons. The Bertz CT molecular complexity index is 645. The lowest BCUT2D eigenvalue weighted by Crippen LogP contribution is -2.49. The molecule has 0 bridgehead atoms. The lowest BCUT2D eigenvalue weighted by atomic mass is 10.2. The van der Waals surface area contributed by atoms with Crippen LogP contribution in [0, 0.1) is 0 Å². The molecule has 1 atom stereocenters. The molecule has 6 heteroatoms. The molecule has 1 aliphatic heterocycles. The van der Waals surface area contributed by atoms with Crippen LogP contribution in [0.4, 0.5) is 5.82 Å². The Kier molecular flexibility index (Phi) is 6.09. The van der Waals surface area contributed by atoms with Crippen molar-refractivity contribution in [2.24, 2.45) is 0 Å². The summed E-state index contributed by atoms with van der Waals surface area (Å²) in [6.07, 6.45) is 1.28. The lowest BCUT2D eigenvalue weighted by Gasteiger charge is -2.36. The highest BCUT2D eigenvalue weighted by Gasteiger charge is 2.20. The van der Waals surface area contributed by atoms with Crippen LogP contribution >= 0.6 is 0 Å². The highest BCUT2D eigenvalue weighted by Crippen LogP contribution is 2.25. The van der Waals surface area contributed by atoms with Gasteiger partial charge >= 0.3 is 0 Å².